The number of nitrogens with one attached hydrogen (secondary N) is 1. The Morgan fingerprint density at radius 1 is 0.493 bits per heavy atom. The summed E-state index contributed by atoms with van der Waals surface area (Å²) in [5, 5.41) is 3.01. The molecule has 0 saturated carbocycles. The van der Waals surface area contributed by atoms with Gasteiger partial charge in [0.15, 0.2) is 0 Å². The first-order chi connectivity index (χ1) is 35.4. The highest BCUT2D eigenvalue weighted by molar-refractivity contribution is 7.45. The van der Waals surface area contributed by atoms with Crippen molar-refractivity contribution in [3.05, 3.63) is 85.1 Å². The molecule has 10 heteroatoms. The molecule has 73 heavy (non-hydrogen) atoms. The molecule has 0 spiro atoms. The monoisotopic (exact) mass is 1040 g/mol. The van der Waals surface area contributed by atoms with Gasteiger partial charge in [-0.05, 0) is 102 Å². The highest BCUT2D eigenvalue weighted by Gasteiger charge is 2.27. The summed E-state index contributed by atoms with van der Waals surface area (Å²) in [6, 6.07) is -0.904. The quantitative estimate of drug-likeness (QED) is 0.0212. The Balaban J connectivity index is 5.32. The first-order valence-electron chi connectivity index (χ1n) is 29.9. The maximum atomic E-state index is 13.5. The third-order valence-electron chi connectivity index (χ3n) is 12.8. The topological polar surface area (TPSA) is 114 Å². The van der Waals surface area contributed by atoms with Crippen molar-refractivity contribution >= 4 is 19.7 Å². The lowest BCUT2D eigenvalue weighted by Gasteiger charge is -2.30. The summed E-state index contributed by atoms with van der Waals surface area (Å²) in [4.78, 5) is 39.9. The number of likely N-dealkylation sites (N-methyl/N-ethyl adjacent to an activating group) is 1. The third kappa shape index (κ3) is 53.8. The first-order valence-corrected chi connectivity index (χ1v) is 31.4. The average Bonchev–Trinajstić information content (AvgIpc) is 3.35. The molecule has 0 saturated heterocycles. The lowest BCUT2D eigenvalue weighted by molar-refractivity contribution is -0.870. The largest absolute Gasteiger partial charge is 0.756 e. The van der Waals surface area contributed by atoms with Crippen LogP contribution in [0.5, 0.6) is 0 Å². The number of hydrogen-bond acceptors (Lipinski definition) is 7. The molecule has 0 aliphatic carbocycles. The van der Waals surface area contributed by atoms with Gasteiger partial charge in [0.2, 0.25) is 5.91 Å². The van der Waals surface area contributed by atoms with E-state index >= 15 is 0 Å². The number of allylic oxidation sites excluding steroid dienone is 13. The zero-order valence-electron chi connectivity index (χ0n) is 48.1. The third-order valence-corrected chi connectivity index (χ3v) is 13.8. The van der Waals surface area contributed by atoms with Gasteiger partial charge in [-0.1, -0.05) is 222 Å². The van der Waals surface area contributed by atoms with Crippen LogP contribution in [0.3, 0.4) is 0 Å². The van der Waals surface area contributed by atoms with E-state index in [1.165, 1.54) is 96.3 Å². The fraction of sp³-hybridized carbons (Fsp3) is 0.746. The molecule has 1 amide bonds. The molecule has 3 atom stereocenters. The highest BCUT2D eigenvalue weighted by Crippen LogP contribution is 2.38. The molecular weight excluding hydrogens is 928 g/mol. The normalized spacial score (nSPS) is 14.3. The van der Waals surface area contributed by atoms with E-state index in [-0.39, 0.29) is 24.9 Å². The number of phosphoric acid groups is 1. The van der Waals surface area contributed by atoms with Crippen LogP contribution in [0.25, 0.3) is 0 Å². The Labute approximate surface area is 450 Å². The highest BCUT2D eigenvalue weighted by atomic mass is 31.2. The molecule has 0 fully saturated rings. The van der Waals surface area contributed by atoms with Crippen LogP contribution in [-0.2, 0) is 27.9 Å². The second-order valence-corrected chi connectivity index (χ2v) is 22.5. The Hall–Kier alpha value is -2.81. The number of ether oxygens (including phenoxy) is 1. The van der Waals surface area contributed by atoms with Crippen molar-refractivity contribution in [2.75, 3.05) is 40.9 Å². The molecular formula is C63H113N2O7P. The molecule has 9 nitrogen and oxygen atoms in total. The second-order valence-electron chi connectivity index (χ2n) is 21.1. The van der Waals surface area contributed by atoms with Crippen LogP contribution in [0, 0.1) is 0 Å². The Bertz CT molecular complexity index is 1530. The SMILES string of the molecule is CC/C=C/C/C=C/CCCCCCCCCC(=O)NC(COP(=O)([O-])OCC[N+](C)(C)C)C(/C=C\CCCCCCCCCCCC)OC(=O)CCCCCCC/C=C\C/C=C\C/C=C\C/C=C\CCCCC. The van der Waals surface area contributed by atoms with Gasteiger partial charge in [-0.2, -0.15) is 0 Å². The van der Waals surface area contributed by atoms with Crippen LogP contribution in [-0.4, -0.2) is 69.4 Å². The number of carbonyl (C=O) groups is 2. The summed E-state index contributed by atoms with van der Waals surface area (Å²) >= 11 is 0. The number of amides is 1. The molecule has 0 rings (SSSR count). The smallest absolute Gasteiger partial charge is 0.306 e. The van der Waals surface area contributed by atoms with E-state index in [2.05, 4.69) is 99.0 Å². The van der Waals surface area contributed by atoms with Gasteiger partial charge in [-0.25, -0.2) is 0 Å². The van der Waals surface area contributed by atoms with Crippen molar-refractivity contribution in [3.8, 4) is 0 Å². The van der Waals surface area contributed by atoms with E-state index in [1.54, 1.807) is 0 Å². The van der Waals surface area contributed by atoms with Gasteiger partial charge in [0.1, 0.15) is 19.3 Å². The summed E-state index contributed by atoms with van der Waals surface area (Å²) in [5.74, 6) is -0.574. The zero-order valence-corrected chi connectivity index (χ0v) is 49.0. The minimum absolute atomic E-state index is 0.0307. The number of hydrogen-bond donors (Lipinski definition) is 1. The number of unbranched alkanes of at least 4 members (excludes halogenated alkanes) is 25. The summed E-state index contributed by atoms with van der Waals surface area (Å²) < 4.78 is 30.2. The van der Waals surface area contributed by atoms with Crippen LogP contribution >= 0.6 is 7.82 Å². The van der Waals surface area contributed by atoms with Crippen LogP contribution < -0.4 is 10.2 Å². The van der Waals surface area contributed by atoms with E-state index in [9.17, 15) is 19.0 Å². The summed E-state index contributed by atoms with van der Waals surface area (Å²) in [6.45, 7) is 6.68. The predicted molar refractivity (Wildman–Crippen MR) is 311 cm³/mol. The van der Waals surface area contributed by atoms with Crippen LogP contribution in [0.1, 0.15) is 252 Å². The fourth-order valence-electron chi connectivity index (χ4n) is 8.19. The molecule has 0 aromatic heterocycles. The van der Waals surface area contributed by atoms with Crippen LogP contribution in [0.15, 0.2) is 85.1 Å². The maximum absolute atomic E-state index is 13.5. The number of phosphoric ester groups is 1. The molecule has 0 heterocycles. The minimum atomic E-state index is -4.71. The number of nitrogens with zero attached hydrogens (tertiary/aromatic N) is 1. The zero-order chi connectivity index (χ0) is 53.6. The Kier molecular flexibility index (Phi) is 50.6. The van der Waals surface area contributed by atoms with Crippen molar-refractivity contribution in [3.63, 3.8) is 0 Å². The molecule has 422 valence electrons. The van der Waals surface area contributed by atoms with E-state index in [0.717, 1.165) is 116 Å². The van der Waals surface area contributed by atoms with Gasteiger partial charge in [0, 0.05) is 12.8 Å². The van der Waals surface area contributed by atoms with Gasteiger partial charge in [0.05, 0.1) is 33.8 Å². The molecule has 0 aliphatic heterocycles. The van der Waals surface area contributed by atoms with E-state index in [1.807, 2.05) is 33.3 Å². The Morgan fingerprint density at radius 2 is 0.877 bits per heavy atom. The van der Waals surface area contributed by atoms with Crippen molar-refractivity contribution in [2.45, 2.75) is 264 Å². The van der Waals surface area contributed by atoms with Gasteiger partial charge >= 0.3 is 5.97 Å². The maximum Gasteiger partial charge on any atom is 0.306 e. The summed E-state index contributed by atoms with van der Waals surface area (Å²) in [5.41, 5.74) is 0. The molecule has 1 N–H and O–H groups in total. The number of carbonyl (C=O) groups excluding carboxylic acids is 2. The van der Waals surface area contributed by atoms with Gasteiger partial charge < -0.3 is 28.5 Å². The van der Waals surface area contributed by atoms with Crippen molar-refractivity contribution < 1.29 is 37.3 Å². The van der Waals surface area contributed by atoms with Gasteiger partial charge in [-0.15, -0.1) is 0 Å². The van der Waals surface area contributed by atoms with Crippen LogP contribution in [0.4, 0.5) is 0 Å². The molecule has 0 bridgehead atoms. The van der Waals surface area contributed by atoms with E-state index in [4.69, 9.17) is 13.8 Å². The number of quaternary nitrogens is 1. The molecule has 0 aliphatic rings. The molecule has 0 radical (unpaired) electrons. The predicted octanol–water partition coefficient (Wildman–Crippen LogP) is 17.6. The minimum Gasteiger partial charge on any atom is -0.756 e. The van der Waals surface area contributed by atoms with Crippen LogP contribution in [0.2, 0.25) is 0 Å². The average molecular weight is 1040 g/mol. The molecule has 0 aromatic carbocycles. The van der Waals surface area contributed by atoms with Crippen molar-refractivity contribution in [1.29, 1.82) is 0 Å². The van der Waals surface area contributed by atoms with Gasteiger partial charge in [0.25, 0.3) is 7.82 Å². The summed E-state index contributed by atoms with van der Waals surface area (Å²) in [7, 11) is 1.16. The fourth-order valence-corrected chi connectivity index (χ4v) is 8.91. The van der Waals surface area contributed by atoms with Crippen molar-refractivity contribution in [1.82, 2.24) is 5.32 Å². The van der Waals surface area contributed by atoms with Crippen molar-refractivity contribution in [2.24, 2.45) is 0 Å². The standard InChI is InChI=1S/C63H113N2O7P/c1-7-10-13-16-19-22-25-28-30-31-32-33-34-35-36-38-41-44-47-50-53-56-63(67)72-61(54-51-48-45-42-39-27-24-21-18-15-12-9-3)60(59-71-73(68,69)70-58-57-65(4,5)6)64-62(66)55-52-49-46-43-40-37-29-26-23-20-17-14-11-8-2/h11,14,19-20,22-23,28,30,32-33,35-36,51,54,60-61H,7-10,12-13,15-18,21,24-27,29,31,34,37-50,52-53,55-59H2,1-6H3,(H-,64,66,68,69)/b14-11+,22-19-,23-20+,30-28-,33-32-,36-35-,54-51-. The number of esters is 1. The Morgan fingerprint density at radius 3 is 1.34 bits per heavy atom. The van der Waals surface area contributed by atoms with E-state index in [0.29, 0.717) is 23.9 Å². The first kappa shape index (κ1) is 70.2. The van der Waals surface area contributed by atoms with E-state index < -0.39 is 26.6 Å². The number of rotatable bonds is 53. The lowest BCUT2D eigenvalue weighted by atomic mass is 10.0. The van der Waals surface area contributed by atoms with Gasteiger partial charge in [-0.3, -0.25) is 14.2 Å². The lowest BCUT2D eigenvalue weighted by Crippen LogP contribution is -2.47. The molecule has 3 unspecified atom stereocenters. The molecule has 0 aromatic rings. The summed E-state index contributed by atoms with van der Waals surface area (Å²) in [6.07, 6.45) is 68.3. The second kappa shape index (κ2) is 52.6.